The molecule has 1 aromatic carbocycles. The van der Waals surface area contributed by atoms with Crippen LogP contribution in [0.25, 0.3) is 0 Å². The zero-order chi connectivity index (χ0) is 15.2. The van der Waals surface area contributed by atoms with Crippen molar-refractivity contribution in [1.82, 2.24) is 10.2 Å². The molecule has 0 saturated carbocycles. The molecule has 1 heterocycles. The van der Waals surface area contributed by atoms with Gasteiger partial charge in [-0.1, -0.05) is 0 Å². The van der Waals surface area contributed by atoms with Crippen molar-refractivity contribution in [3.63, 3.8) is 0 Å². The van der Waals surface area contributed by atoms with E-state index in [9.17, 15) is 0 Å². The minimum atomic E-state index is 0.277. The zero-order valence-corrected chi connectivity index (χ0v) is 13.7. The van der Waals surface area contributed by atoms with Crippen LogP contribution in [-0.4, -0.2) is 45.3 Å². The van der Waals surface area contributed by atoms with Crippen LogP contribution in [0.4, 0.5) is 0 Å². The summed E-state index contributed by atoms with van der Waals surface area (Å²) in [7, 11) is 5.97. The van der Waals surface area contributed by atoms with E-state index in [1.54, 1.807) is 7.11 Å². The standard InChI is InChI=1S/C17H28N2O2/c1-13-9-14-10-16(20-4)15(11-17(14)21-13)12-18-7-5-6-8-19(2)3/h10-11,13,18H,5-9,12H2,1-4H3. The molecule has 2 rings (SSSR count). The lowest BCUT2D eigenvalue weighted by Crippen LogP contribution is -2.18. The van der Waals surface area contributed by atoms with Gasteiger partial charge >= 0.3 is 0 Å². The van der Waals surface area contributed by atoms with Crippen LogP contribution in [0.15, 0.2) is 12.1 Å². The van der Waals surface area contributed by atoms with Crippen molar-refractivity contribution in [2.24, 2.45) is 0 Å². The van der Waals surface area contributed by atoms with E-state index < -0.39 is 0 Å². The van der Waals surface area contributed by atoms with Crippen molar-refractivity contribution in [1.29, 1.82) is 0 Å². The first-order chi connectivity index (χ1) is 10.1. The molecule has 0 aliphatic carbocycles. The second kappa shape index (κ2) is 7.66. The van der Waals surface area contributed by atoms with Crippen molar-refractivity contribution < 1.29 is 9.47 Å². The lowest BCUT2D eigenvalue weighted by molar-refractivity contribution is 0.254. The second-order valence-corrected chi connectivity index (χ2v) is 6.09. The summed E-state index contributed by atoms with van der Waals surface area (Å²) >= 11 is 0. The van der Waals surface area contributed by atoms with Gasteiger partial charge in [0.05, 0.1) is 7.11 Å². The monoisotopic (exact) mass is 292 g/mol. The lowest BCUT2D eigenvalue weighted by Gasteiger charge is -2.13. The van der Waals surface area contributed by atoms with Crippen molar-refractivity contribution in [2.45, 2.75) is 38.8 Å². The van der Waals surface area contributed by atoms with Crippen LogP contribution in [0.3, 0.4) is 0 Å². The molecule has 0 bridgehead atoms. The highest BCUT2D eigenvalue weighted by Gasteiger charge is 2.21. The first-order valence-corrected chi connectivity index (χ1v) is 7.82. The van der Waals surface area contributed by atoms with Crippen LogP contribution in [-0.2, 0) is 13.0 Å². The molecule has 0 spiro atoms. The Kier molecular flexibility index (Phi) is 5.88. The van der Waals surface area contributed by atoms with Gasteiger partial charge in [0.25, 0.3) is 0 Å². The third-order valence-electron chi connectivity index (χ3n) is 3.82. The molecule has 21 heavy (non-hydrogen) atoms. The van der Waals surface area contributed by atoms with Crippen LogP contribution in [0, 0.1) is 0 Å². The first-order valence-electron chi connectivity index (χ1n) is 7.82. The van der Waals surface area contributed by atoms with E-state index in [-0.39, 0.29) is 6.10 Å². The summed E-state index contributed by atoms with van der Waals surface area (Å²) in [6.07, 6.45) is 3.67. The molecule has 118 valence electrons. The maximum absolute atomic E-state index is 5.83. The molecular formula is C17H28N2O2. The van der Waals surface area contributed by atoms with Gasteiger partial charge in [0.1, 0.15) is 17.6 Å². The van der Waals surface area contributed by atoms with Gasteiger partial charge in [-0.15, -0.1) is 0 Å². The Labute approximate surface area is 128 Å². The van der Waals surface area contributed by atoms with E-state index >= 15 is 0 Å². The van der Waals surface area contributed by atoms with E-state index in [2.05, 4.69) is 43.4 Å². The largest absolute Gasteiger partial charge is 0.496 e. The minimum absolute atomic E-state index is 0.277. The highest BCUT2D eigenvalue weighted by molar-refractivity contribution is 5.48. The van der Waals surface area contributed by atoms with Crippen LogP contribution in [0.5, 0.6) is 11.5 Å². The Morgan fingerprint density at radius 1 is 1.33 bits per heavy atom. The van der Waals surface area contributed by atoms with Crippen LogP contribution in [0.1, 0.15) is 30.9 Å². The maximum atomic E-state index is 5.83. The van der Waals surface area contributed by atoms with E-state index in [4.69, 9.17) is 9.47 Å². The maximum Gasteiger partial charge on any atom is 0.123 e. The molecule has 1 unspecified atom stereocenters. The number of nitrogens with zero attached hydrogens (tertiary/aromatic N) is 1. The summed E-state index contributed by atoms with van der Waals surface area (Å²) in [4.78, 5) is 2.22. The van der Waals surface area contributed by atoms with E-state index in [1.165, 1.54) is 24.0 Å². The van der Waals surface area contributed by atoms with Gasteiger partial charge in [-0.25, -0.2) is 0 Å². The molecule has 4 heteroatoms. The number of benzene rings is 1. The molecule has 0 aromatic heterocycles. The number of hydrogen-bond donors (Lipinski definition) is 1. The molecular weight excluding hydrogens is 264 g/mol. The molecule has 1 atom stereocenters. The number of methoxy groups -OCH3 is 1. The van der Waals surface area contributed by atoms with Gasteiger partial charge in [-0.3, -0.25) is 0 Å². The molecule has 1 N–H and O–H groups in total. The number of fused-ring (bicyclic) bond motifs is 1. The van der Waals surface area contributed by atoms with Gasteiger partial charge in [0.15, 0.2) is 0 Å². The average molecular weight is 292 g/mol. The summed E-state index contributed by atoms with van der Waals surface area (Å²) in [5, 5.41) is 3.50. The molecule has 4 nitrogen and oxygen atoms in total. The fourth-order valence-electron chi connectivity index (χ4n) is 2.71. The third kappa shape index (κ3) is 4.61. The van der Waals surface area contributed by atoms with E-state index in [0.29, 0.717) is 0 Å². The smallest absolute Gasteiger partial charge is 0.123 e. The zero-order valence-electron chi connectivity index (χ0n) is 13.7. The Morgan fingerprint density at radius 3 is 2.86 bits per heavy atom. The summed E-state index contributed by atoms with van der Waals surface area (Å²) in [5.74, 6) is 1.99. The topological polar surface area (TPSA) is 33.7 Å². The second-order valence-electron chi connectivity index (χ2n) is 6.09. The third-order valence-corrected chi connectivity index (χ3v) is 3.82. The number of nitrogens with one attached hydrogen (secondary N) is 1. The van der Waals surface area contributed by atoms with Gasteiger partial charge in [-0.05, 0) is 59.1 Å². The van der Waals surface area contributed by atoms with Gasteiger partial charge in [0, 0.05) is 24.1 Å². The number of rotatable bonds is 8. The number of hydrogen-bond acceptors (Lipinski definition) is 4. The predicted molar refractivity (Wildman–Crippen MR) is 86.3 cm³/mol. The fourth-order valence-corrected chi connectivity index (χ4v) is 2.71. The molecule has 0 saturated heterocycles. The predicted octanol–water partition coefficient (Wildman–Crippen LogP) is 2.45. The van der Waals surface area contributed by atoms with Crippen molar-refractivity contribution in [2.75, 3.05) is 34.3 Å². The van der Waals surface area contributed by atoms with Gasteiger partial charge in [-0.2, -0.15) is 0 Å². The van der Waals surface area contributed by atoms with Crippen molar-refractivity contribution >= 4 is 0 Å². The summed E-state index contributed by atoms with van der Waals surface area (Å²) in [5.41, 5.74) is 2.44. The molecule has 0 fully saturated rings. The van der Waals surface area contributed by atoms with Crippen LogP contribution >= 0.6 is 0 Å². The minimum Gasteiger partial charge on any atom is -0.496 e. The number of ether oxygens (including phenoxy) is 2. The molecule has 0 amide bonds. The Hall–Kier alpha value is -1.26. The lowest BCUT2D eigenvalue weighted by atomic mass is 10.1. The van der Waals surface area contributed by atoms with E-state index in [1.807, 2.05) is 0 Å². The van der Waals surface area contributed by atoms with Gasteiger partial charge in [0.2, 0.25) is 0 Å². The quantitative estimate of drug-likeness (QED) is 0.746. The summed E-state index contributed by atoms with van der Waals surface area (Å²) in [6, 6.07) is 4.26. The Balaban J connectivity index is 1.84. The molecule has 1 aliphatic heterocycles. The summed E-state index contributed by atoms with van der Waals surface area (Å²) in [6.45, 7) is 5.12. The molecule has 1 aliphatic rings. The highest BCUT2D eigenvalue weighted by atomic mass is 16.5. The van der Waals surface area contributed by atoms with Crippen LogP contribution < -0.4 is 14.8 Å². The van der Waals surface area contributed by atoms with Gasteiger partial charge < -0.3 is 19.7 Å². The number of unbranched alkanes of at least 4 members (excludes halogenated alkanes) is 1. The normalized spacial score (nSPS) is 16.9. The first kappa shape index (κ1) is 16.1. The van der Waals surface area contributed by atoms with Crippen LogP contribution in [0.2, 0.25) is 0 Å². The van der Waals surface area contributed by atoms with Crippen molar-refractivity contribution in [3.8, 4) is 11.5 Å². The van der Waals surface area contributed by atoms with Crippen molar-refractivity contribution in [3.05, 3.63) is 23.3 Å². The molecule has 1 aromatic rings. The average Bonchev–Trinajstić information content (AvgIpc) is 2.80. The summed E-state index contributed by atoms with van der Waals surface area (Å²) < 4.78 is 11.3. The Morgan fingerprint density at radius 2 is 2.14 bits per heavy atom. The fraction of sp³-hybridized carbons (Fsp3) is 0.647. The molecule has 0 radical (unpaired) electrons. The van der Waals surface area contributed by atoms with E-state index in [0.717, 1.165) is 37.6 Å². The Bertz CT molecular complexity index is 460. The highest BCUT2D eigenvalue weighted by Crippen LogP contribution is 2.34. The SMILES string of the molecule is COc1cc2c(cc1CNCCCCN(C)C)OC(C)C2.